The van der Waals surface area contributed by atoms with Crippen LogP contribution >= 0.6 is 0 Å². The first-order valence-corrected chi connectivity index (χ1v) is 17.7. The fourth-order valence-corrected chi connectivity index (χ4v) is 5.56. The fraction of sp³-hybridized carbons (Fsp3) is 0.500. The zero-order valence-electron chi connectivity index (χ0n) is 30.3. The maximum Gasteiger partial charge on any atom is 0.407 e. The topological polar surface area (TPSA) is 125 Å². The van der Waals surface area contributed by atoms with Crippen molar-refractivity contribution in [3.05, 3.63) is 78.1 Å². The van der Waals surface area contributed by atoms with E-state index in [9.17, 15) is 9.59 Å². The number of alkyl carbamates (subject to hydrolysis) is 1. The monoisotopic (exact) mass is 659 g/mol. The van der Waals surface area contributed by atoms with Gasteiger partial charge in [0.25, 0.3) is 0 Å². The summed E-state index contributed by atoms with van der Waals surface area (Å²) in [4.78, 5) is 42.8. The van der Waals surface area contributed by atoms with Crippen LogP contribution in [0.2, 0.25) is 0 Å². The SMILES string of the molecule is CC.CC.CCC.CCCN(Cc1ncc(C2CCC(c3ccc4ncnc(Nc5ccccc5)c4c3)CC2)[nH]1)C(=O)CNC(=O)OC. The number of H-pyrrole nitrogens is 1. The standard InChI is InChI=1S/C31H37N7O3.C3H8.2C2H6/c1-3-15-38(29(39)18-33-31(40)41-2)19-28-32-17-27(37-28)22-11-9-21(10-12-22)23-13-14-26-25(16-23)30(35-20-34-26)36-24-7-5-4-6-8-24;1-3-2;2*1-2/h4-8,13-14,16-17,20-22H,3,9-12,15,18-19H2,1-2H3,(H,32,37)(H,33,40)(H,34,35,36);3H2,1-2H3;2*1-2H3. The molecular weight excluding hydrogens is 602 g/mol. The van der Waals surface area contributed by atoms with Crippen molar-refractivity contribution < 1.29 is 14.3 Å². The number of para-hydroxylation sites is 1. The Hall–Kier alpha value is -4.47. The molecule has 0 aliphatic heterocycles. The molecule has 0 unspecified atom stereocenters. The number of imidazole rings is 1. The number of aromatic amines is 1. The molecule has 3 N–H and O–H groups in total. The molecule has 2 aromatic carbocycles. The molecule has 2 aromatic heterocycles. The molecule has 0 spiro atoms. The van der Waals surface area contributed by atoms with E-state index in [-0.39, 0.29) is 12.5 Å². The normalized spacial score (nSPS) is 14.9. The third kappa shape index (κ3) is 12.0. The summed E-state index contributed by atoms with van der Waals surface area (Å²) in [6.07, 6.45) is 9.25. The van der Waals surface area contributed by atoms with E-state index >= 15 is 0 Å². The van der Waals surface area contributed by atoms with Gasteiger partial charge in [-0.2, -0.15) is 0 Å². The van der Waals surface area contributed by atoms with Crippen LogP contribution < -0.4 is 10.6 Å². The van der Waals surface area contributed by atoms with Gasteiger partial charge in [0.05, 0.1) is 19.2 Å². The molecule has 10 nitrogen and oxygen atoms in total. The number of aromatic nitrogens is 4. The summed E-state index contributed by atoms with van der Waals surface area (Å²) in [6, 6.07) is 16.6. The molecule has 2 heterocycles. The van der Waals surface area contributed by atoms with Crippen molar-refractivity contribution in [2.24, 2.45) is 0 Å². The van der Waals surface area contributed by atoms with Gasteiger partial charge in [0.2, 0.25) is 5.91 Å². The van der Waals surface area contributed by atoms with Crippen LogP contribution in [-0.4, -0.2) is 57.0 Å². The number of benzene rings is 2. The number of fused-ring (bicyclic) bond motifs is 1. The molecule has 48 heavy (non-hydrogen) atoms. The fourth-order valence-electron chi connectivity index (χ4n) is 5.56. The molecule has 0 saturated heterocycles. The van der Waals surface area contributed by atoms with Gasteiger partial charge < -0.3 is 25.3 Å². The average molecular weight is 660 g/mol. The zero-order chi connectivity index (χ0) is 35.3. The molecule has 262 valence electrons. The van der Waals surface area contributed by atoms with Gasteiger partial charge in [-0.15, -0.1) is 0 Å². The number of anilines is 2. The molecule has 5 rings (SSSR count). The number of nitrogens with zero attached hydrogens (tertiary/aromatic N) is 4. The molecule has 0 radical (unpaired) electrons. The Bertz CT molecular complexity index is 1480. The summed E-state index contributed by atoms with van der Waals surface area (Å²) >= 11 is 0. The van der Waals surface area contributed by atoms with E-state index < -0.39 is 6.09 Å². The van der Waals surface area contributed by atoms with Crippen LogP contribution in [0.1, 0.15) is 116 Å². The third-order valence-corrected chi connectivity index (χ3v) is 7.74. The lowest BCUT2D eigenvalue weighted by Gasteiger charge is -2.28. The molecule has 10 heteroatoms. The van der Waals surface area contributed by atoms with Gasteiger partial charge in [-0.25, -0.2) is 19.7 Å². The Morgan fingerprint density at radius 2 is 1.58 bits per heavy atom. The summed E-state index contributed by atoms with van der Waals surface area (Å²) in [5, 5.41) is 6.93. The lowest BCUT2D eigenvalue weighted by Crippen LogP contribution is -2.40. The number of carbonyl (C=O) groups is 2. The summed E-state index contributed by atoms with van der Waals surface area (Å²) < 4.78 is 4.56. The largest absolute Gasteiger partial charge is 0.453 e. The summed E-state index contributed by atoms with van der Waals surface area (Å²) in [6.45, 7) is 15.1. The Morgan fingerprint density at radius 1 is 0.917 bits per heavy atom. The van der Waals surface area contributed by atoms with Crippen LogP contribution in [0.15, 0.2) is 61.1 Å². The molecule has 1 aliphatic carbocycles. The Labute approximate surface area is 287 Å². The van der Waals surface area contributed by atoms with Gasteiger partial charge in [0, 0.05) is 35.4 Å². The number of ether oxygens (including phenoxy) is 1. The Morgan fingerprint density at radius 3 is 2.23 bits per heavy atom. The molecule has 4 aromatic rings. The summed E-state index contributed by atoms with van der Waals surface area (Å²) in [5.74, 6) is 2.29. The molecule has 1 fully saturated rings. The van der Waals surface area contributed by atoms with Crippen molar-refractivity contribution in [3.63, 3.8) is 0 Å². The van der Waals surface area contributed by atoms with Crippen LogP contribution in [0.3, 0.4) is 0 Å². The van der Waals surface area contributed by atoms with Gasteiger partial charge in [-0.1, -0.05) is 79.2 Å². The lowest BCUT2D eigenvalue weighted by molar-refractivity contribution is -0.130. The highest BCUT2D eigenvalue weighted by molar-refractivity contribution is 5.91. The van der Waals surface area contributed by atoms with Crippen molar-refractivity contribution in [1.82, 2.24) is 30.2 Å². The van der Waals surface area contributed by atoms with Crippen molar-refractivity contribution in [2.45, 2.75) is 105 Å². The van der Waals surface area contributed by atoms with E-state index in [1.807, 2.05) is 71.1 Å². The van der Waals surface area contributed by atoms with Crippen LogP contribution in [0.4, 0.5) is 16.3 Å². The predicted molar refractivity (Wildman–Crippen MR) is 197 cm³/mol. The second kappa shape index (κ2) is 22.2. The predicted octanol–water partition coefficient (Wildman–Crippen LogP) is 9.10. The van der Waals surface area contributed by atoms with Gasteiger partial charge >= 0.3 is 6.09 Å². The summed E-state index contributed by atoms with van der Waals surface area (Å²) in [7, 11) is 1.28. The highest BCUT2D eigenvalue weighted by Gasteiger charge is 2.26. The first kappa shape index (κ1) is 39.7. The average Bonchev–Trinajstić information content (AvgIpc) is 3.61. The smallest absolute Gasteiger partial charge is 0.407 e. The van der Waals surface area contributed by atoms with Crippen molar-refractivity contribution in [2.75, 3.05) is 25.5 Å². The number of hydrogen-bond donors (Lipinski definition) is 3. The van der Waals surface area contributed by atoms with E-state index in [1.54, 1.807) is 11.2 Å². The van der Waals surface area contributed by atoms with E-state index in [2.05, 4.69) is 67.4 Å². The minimum absolute atomic E-state index is 0.102. The molecular formula is C38H57N7O3. The van der Waals surface area contributed by atoms with E-state index in [0.29, 0.717) is 24.9 Å². The first-order chi connectivity index (χ1) is 23.4. The lowest BCUT2D eigenvalue weighted by atomic mass is 9.77. The maximum atomic E-state index is 12.6. The zero-order valence-corrected chi connectivity index (χ0v) is 30.3. The van der Waals surface area contributed by atoms with Crippen LogP contribution in [0.5, 0.6) is 0 Å². The first-order valence-electron chi connectivity index (χ1n) is 17.7. The number of rotatable bonds is 10. The highest BCUT2D eigenvalue weighted by atomic mass is 16.5. The quantitative estimate of drug-likeness (QED) is 0.155. The van der Waals surface area contributed by atoms with Crippen LogP contribution in [0.25, 0.3) is 10.9 Å². The molecule has 2 amide bonds. The number of methoxy groups -OCH3 is 1. The Balaban J connectivity index is 0.00000106. The number of carbonyl (C=O) groups excluding carboxylic acids is 2. The number of hydrogen-bond acceptors (Lipinski definition) is 7. The van der Waals surface area contributed by atoms with Crippen LogP contribution in [-0.2, 0) is 16.1 Å². The van der Waals surface area contributed by atoms with Crippen LogP contribution in [0, 0.1) is 0 Å². The summed E-state index contributed by atoms with van der Waals surface area (Å²) in [5.41, 5.74) is 4.37. The van der Waals surface area contributed by atoms with Crippen molar-refractivity contribution in [1.29, 1.82) is 0 Å². The second-order valence-corrected chi connectivity index (χ2v) is 11.2. The number of amides is 2. The van der Waals surface area contributed by atoms with Crippen molar-refractivity contribution >= 4 is 34.4 Å². The minimum Gasteiger partial charge on any atom is -0.453 e. The van der Waals surface area contributed by atoms with Gasteiger partial charge in [-0.3, -0.25) is 4.79 Å². The Kier molecular flexibility index (Phi) is 18.3. The minimum atomic E-state index is -0.619. The highest BCUT2D eigenvalue weighted by Crippen LogP contribution is 2.41. The van der Waals surface area contributed by atoms with E-state index in [1.165, 1.54) is 19.1 Å². The molecule has 1 aliphatic rings. The van der Waals surface area contributed by atoms with Gasteiger partial charge in [0.15, 0.2) is 0 Å². The maximum absolute atomic E-state index is 12.6. The molecule has 0 atom stereocenters. The van der Waals surface area contributed by atoms with Gasteiger partial charge in [0.1, 0.15) is 24.5 Å². The van der Waals surface area contributed by atoms with Gasteiger partial charge in [-0.05, 0) is 67.9 Å². The van der Waals surface area contributed by atoms with E-state index in [4.69, 9.17) is 0 Å². The second-order valence-electron chi connectivity index (χ2n) is 11.2. The molecule has 1 saturated carbocycles. The number of nitrogens with one attached hydrogen (secondary N) is 3. The molecule has 0 bridgehead atoms. The van der Waals surface area contributed by atoms with E-state index in [0.717, 1.165) is 66.0 Å². The third-order valence-electron chi connectivity index (χ3n) is 7.74. The van der Waals surface area contributed by atoms with Crippen molar-refractivity contribution in [3.8, 4) is 0 Å².